The molecule has 2 fully saturated rings. The summed E-state index contributed by atoms with van der Waals surface area (Å²) in [5.41, 5.74) is 2.07. The van der Waals surface area contributed by atoms with Gasteiger partial charge in [0, 0.05) is 5.56 Å². The van der Waals surface area contributed by atoms with Crippen molar-refractivity contribution in [1.29, 1.82) is 0 Å². The Morgan fingerprint density at radius 2 is 1.54 bits per heavy atom. The van der Waals surface area contributed by atoms with Gasteiger partial charge in [-0.1, -0.05) is 29.8 Å². The number of amides is 2. The van der Waals surface area contributed by atoms with E-state index in [0.717, 1.165) is 24.3 Å². The van der Waals surface area contributed by atoms with Gasteiger partial charge >= 0.3 is 24.4 Å². The van der Waals surface area contributed by atoms with Gasteiger partial charge in [-0.15, -0.1) is 0 Å². The highest BCUT2D eigenvalue weighted by Crippen LogP contribution is 2.50. The van der Waals surface area contributed by atoms with Crippen LogP contribution in [-0.4, -0.2) is 35.2 Å². The number of hydrogen-bond donors (Lipinski definition) is 2. The van der Waals surface area contributed by atoms with E-state index >= 15 is 0 Å². The molecule has 0 spiro atoms. The predicted molar refractivity (Wildman–Crippen MR) is 166 cm³/mol. The van der Waals surface area contributed by atoms with E-state index in [9.17, 15) is 41.0 Å². The molecule has 12 heteroatoms. The fourth-order valence-electron chi connectivity index (χ4n) is 6.99. The molecule has 2 N–H and O–H groups in total. The van der Waals surface area contributed by atoms with Crippen LogP contribution in [0.25, 0.3) is 22.3 Å². The number of fused-ring (bicyclic) bond motifs is 1. The third-order valence-electron chi connectivity index (χ3n) is 9.13. The van der Waals surface area contributed by atoms with Gasteiger partial charge in [-0.05, 0) is 109 Å². The van der Waals surface area contributed by atoms with Crippen molar-refractivity contribution in [2.45, 2.75) is 57.2 Å². The Morgan fingerprint density at radius 3 is 2.19 bits per heavy atom. The number of alkyl halides is 6. The van der Waals surface area contributed by atoms with Gasteiger partial charge in [-0.2, -0.15) is 26.3 Å². The molecule has 3 atom stereocenters. The van der Waals surface area contributed by atoms with Crippen LogP contribution in [0.3, 0.4) is 0 Å². The van der Waals surface area contributed by atoms with E-state index in [1.54, 1.807) is 37.3 Å². The molecular weight excluding hydrogens is 638 g/mol. The van der Waals surface area contributed by atoms with Crippen LogP contribution in [0.4, 0.5) is 31.1 Å². The standard InChI is InChI=1S/C36H30F6N2O4/c1-18-12-22(15-24(13-18)36(40,41)42)32-30-10-9-29(44(30)34(47)43-32)27-17-23(35(37,38)39)6-8-26(27)28-16-20(5-11-31(28)48-3)25-7-4-21(33(45)46)14-19(25)2/h4-8,11-17,29-30,32H,9-10H2,1-3H3,(H,43,47)(H,45,46)/t29-,30-,32+/m0/s1. The lowest BCUT2D eigenvalue weighted by molar-refractivity contribution is -0.138. The van der Waals surface area contributed by atoms with Crippen molar-refractivity contribution in [3.63, 3.8) is 0 Å². The van der Waals surface area contributed by atoms with Crippen LogP contribution in [0.1, 0.15) is 68.7 Å². The molecule has 2 aliphatic rings. The predicted octanol–water partition coefficient (Wildman–Crippen LogP) is 9.35. The zero-order chi connectivity index (χ0) is 34.7. The first-order chi connectivity index (χ1) is 22.6. The maximum atomic E-state index is 14.1. The van der Waals surface area contributed by atoms with E-state index in [-0.39, 0.29) is 23.1 Å². The zero-order valence-corrected chi connectivity index (χ0v) is 26.0. The van der Waals surface area contributed by atoms with E-state index in [0.29, 0.717) is 45.6 Å². The molecule has 6 nitrogen and oxygen atoms in total. The van der Waals surface area contributed by atoms with Gasteiger partial charge in [-0.25, -0.2) is 9.59 Å². The summed E-state index contributed by atoms with van der Waals surface area (Å²) >= 11 is 0. The Labute approximate surface area is 272 Å². The van der Waals surface area contributed by atoms with Crippen molar-refractivity contribution in [3.8, 4) is 28.0 Å². The van der Waals surface area contributed by atoms with Crippen molar-refractivity contribution < 1.29 is 45.8 Å². The Hall–Kier alpha value is -5.00. The fraction of sp³-hybridized carbons (Fsp3) is 0.278. The SMILES string of the molecule is COc1ccc(-c2ccc(C(=O)O)cc2C)cc1-c1ccc(C(F)(F)F)cc1[C@@H]1CC[C@H]2[C@@H](c3cc(C)cc(C(F)(F)F)c3)NC(=O)N12. The lowest BCUT2D eigenvalue weighted by atomic mass is 9.89. The summed E-state index contributed by atoms with van der Waals surface area (Å²) in [6.07, 6.45) is -8.67. The number of nitrogens with one attached hydrogen (secondary N) is 1. The second-order valence-corrected chi connectivity index (χ2v) is 12.2. The highest BCUT2D eigenvalue weighted by atomic mass is 19.4. The van der Waals surface area contributed by atoms with Gasteiger partial charge in [0.05, 0.1) is 41.9 Å². The molecule has 2 amide bonds. The van der Waals surface area contributed by atoms with Crippen molar-refractivity contribution in [1.82, 2.24) is 10.2 Å². The minimum Gasteiger partial charge on any atom is -0.496 e. The van der Waals surface area contributed by atoms with E-state index in [1.807, 2.05) is 0 Å². The van der Waals surface area contributed by atoms with Crippen molar-refractivity contribution >= 4 is 12.0 Å². The first kappa shape index (κ1) is 32.9. The Morgan fingerprint density at radius 1 is 0.833 bits per heavy atom. The van der Waals surface area contributed by atoms with Gasteiger partial charge in [0.2, 0.25) is 0 Å². The molecule has 2 saturated heterocycles. The number of ether oxygens (including phenoxy) is 1. The maximum Gasteiger partial charge on any atom is 0.416 e. The Bertz CT molecular complexity index is 1940. The van der Waals surface area contributed by atoms with Crippen LogP contribution in [0.5, 0.6) is 5.75 Å². The number of halogens is 6. The number of carbonyl (C=O) groups is 2. The highest BCUT2D eigenvalue weighted by molar-refractivity contribution is 5.89. The maximum absolute atomic E-state index is 14.1. The molecule has 2 heterocycles. The average molecular weight is 669 g/mol. The van der Waals surface area contributed by atoms with E-state index in [1.165, 1.54) is 37.1 Å². The van der Waals surface area contributed by atoms with Gasteiger partial charge < -0.3 is 20.1 Å². The minimum atomic E-state index is -4.69. The largest absolute Gasteiger partial charge is 0.496 e. The molecule has 0 radical (unpaired) electrons. The number of aromatic carboxylic acids is 1. The second kappa shape index (κ2) is 11.9. The molecule has 0 bridgehead atoms. The van der Waals surface area contributed by atoms with Crippen LogP contribution in [0.15, 0.2) is 72.8 Å². The number of rotatable bonds is 6. The lowest BCUT2D eigenvalue weighted by Crippen LogP contribution is -2.32. The Kier molecular flexibility index (Phi) is 8.17. The summed E-state index contributed by atoms with van der Waals surface area (Å²) in [5, 5.41) is 12.2. The van der Waals surface area contributed by atoms with E-state index in [4.69, 9.17) is 4.74 Å². The summed E-state index contributed by atoms with van der Waals surface area (Å²) < 4.78 is 88.9. The number of nitrogens with zero attached hydrogens (tertiary/aromatic N) is 1. The third kappa shape index (κ3) is 5.95. The number of benzene rings is 4. The number of aryl methyl sites for hydroxylation is 2. The first-order valence-electron chi connectivity index (χ1n) is 15.1. The normalized spacial score (nSPS) is 19.3. The zero-order valence-electron chi connectivity index (χ0n) is 26.0. The van der Waals surface area contributed by atoms with Crippen LogP contribution in [0, 0.1) is 13.8 Å². The van der Waals surface area contributed by atoms with E-state index < -0.39 is 53.6 Å². The molecule has 2 aliphatic heterocycles. The van der Waals surface area contributed by atoms with Crippen LogP contribution in [-0.2, 0) is 12.4 Å². The number of urea groups is 1. The average Bonchev–Trinajstić information content (AvgIpc) is 3.60. The van der Waals surface area contributed by atoms with E-state index in [2.05, 4.69) is 5.32 Å². The highest BCUT2D eigenvalue weighted by Gasteiger charge is 2.49. The smallest absolute Gasteiger partial charge is 0.416 e. The summed E-state index contributed by atoms with van der Waals surface area (Å²) in [4.78, 5) is 26.4. The van der Waals surface area contributed by atoms with Crippen molar-refractivity contribution in [2.24, 2.45) is 0 Å². The topological polar surface area (TPSA) is 78.9 Å². The van der Waals surface area contributed by atoms with Crippen LogP contribution >= 0.6 is 0 Å². The Balaban J connectivity index is 1.46. The van der Waals surface area contributed by atoms with Crippen molar-refractivity contribution in [3.05, 3.63) is 112 Å². The number of carboxylic acids is 1. The second-order valence-electron chi connectivity index (χ2n) is 12.2. The lowest BCUT2D eigenvalue weighted by Gasteiger charge is -2.27. The van der Waals surface area contributed by atoms with Gasteiger partial charge in [0.15, 0.2) is 0 Å². The van der Waals surface area contributed by atoms with Crippen LogP contribution in [0.2, 0.25) is 0 Å². The summed E-state index contributed by atoms with van der Waals surface area (Å²) in [6, 6.07) is 13.9. The third-order valence-corrected chi connectivity index (χ3v) is 9.13. The summed E-state index contributed by atoms with van der Waals surface area (Å²) in [5.74, 6) is -0.724. The van der Waals surface area contributed by atoms with Gasteiger partial charge in [0.25, 0.3) is 0 Å². The van der Waals surface area contributed by atoms with Crippen LogP contribution < -0.4 is 10.1 Å². The molecule has 0 unspecified atom stereocenters. The number of methoxy groups -OCH3 is 1. The molecule has 6 rings (SSSR count). The first-order valence-corrected chi connectivity index (χ1v) is 15.1. The summed E-state index contributed by atoms with van der Waals surface area (Å²) in [6.45, 7) is 3.28. The summed E-state index contributed by atoms with van der Waals surface area (Å²) in [7, 11) is 1.43. The molecule has 250 valence electrons. The molecule has 0 saturated carbocycles. The quantitative estimate of drug-likeness (QED) is 0.201. The number of carboxylic acid groups (broad SMARTS) is 1. The molecule has 4 aromatic rings. The minimum absolute atomic E-state index is 0.105. The van der Waals surface area contributed by atoms with Gasteiger partial charge in [0.1, 0.15) is 5.75 Å². The monoisotopic (exact) mass is 668 g/mol. The molecule has 0 aromatic heterocycles. The molecule has 4 aromatic carbocycles. The number of hydrogen-bond acceptors (Lipinski definition) is 3. The molecular formula is C36H30F6N2O4. The van der Waals surface area contributed by atoms with Crippen molar-refractivity contribution in [2.75, 3.05) is 7.11 Å². The molecule has 0 aliphatic carbocycles. The fourth-order valence-corrected chi connectivity index (χ4v) is 6.99. The molecule has 48 heavy (non-hydrogen) atoms. The van der Waals surface area contributed by atoms with Gasteiger partial charge in [-0.3, -0.25) is 0 Å². The number of carbonyl (C=O) groups excluding carboxylic acids is 1.